The summed E-state index contributed by atoms with van der Waals surface area (Å²) < 4.78 is 1.96. The maximum Gasteiger partial charge on any atom is 0.210 e. The molecule has 1 aliphatic carbocycles. The van der Waals surface area contributed by atoms with Crippen LogP contribution in [0.4, 0.5) is 17.6 Å². The van der Waals surface area contributed by atoms with Crippen molar-refractivity contribution in [3.8, 4) is 6.07 Å². The molecular weight excluding hydrogens is 328 g/mol. The van der Waals surface area contributed by atoms with Crippen LogP contribution in [-0.2, 0) is 0 Å². The second-order valence-corrected chi connectivity index (χ2v) is 6.91. The zero-order valence-corrected chi connectivity index (χ0v) is 14.7. The Bertz CT molecular complexity index is 926. The smallest absolute Gasteiger partial charge is 0.210 e. The van der Waals surface area contributed by atoms with Gasteiger partial charge in [-0.2, -0.15) is 15.3 Å². The average Bonchev–Trinajstić information content (AvgIpc) is 3.26. The van der Waals surface area contributed by atoms with E-state index in [-0.39, 0.29) is 0 Å². The van der Waals surface area contributed by atoms with Gasteiger partial charge >= 0.3 is 0 Å². The van der Waals surface area contributed by atoms with Crippen LogP contribution in [0.15, 0.2) is 24.5 Å². The highest BCUT2D eigenvalue weighted by Crippen LogP contribution is 2.28. The fraction of sp³-hybridized carbons (Fsp3) is 0.444. The fourth-order valence-corrected chi connectivity index (χ4v) is 3.53. The summed E-state index contributed by atoms with van der Waals surface area (Å²) in [6.45, 7) is 1.96. The van der Waals surface area contributed by atoms with Gasteiger partial charge in [0.15, 0.2) is 5.82 Å². The molecule has 8 heteroatoms. The second-order valence-electron chi connectivity index (χ2n) is 6.91. The third-order valence-electron chi connectivity index (χ3n) is 4.91. The Balaban J connectivity index is 1.52. The van der Waals surface area contributed by atoms with Gasteiger partial charge in [-0.05, 0) is 38.5 Å². The van der Waals surface area contributed by atoms with Crippen LogP contribution in [0.3, 0.4) is 0 Å². The molecule has 0 aromatic carbocycles. The summed E-state index contributed by atoms with van der Waals surface area (Å²) in [6, 6.07) is 6.49. The van der Waals surface area contributed by atoms with Crippen molar-refractivity contribution in [2.75, 3.05) is 10.6 Å². The first-order chi connectivity index (χ1) is 12.7. The van der Waals surface area contributed by atoms with E-state index in [2.05, 4.69) is 31.9 Å². The SMILES string of the molecule is Cc1cc(Nc2cc3nccn3c(NC3CCC(CC#N)CC3)n2)n[nH]1. The first kappa shape index (κ1) is 16.4. The Kier molecular flexibility index (Phi) is 4.44. The third kappa shape index (κ3) is 3.47. The molecule has 8 nitrogen and oxygen atoms in total. The van der Waals surface area contributed by atoms with Gasteiger partial charge in [-0.25, -0.2) is 4.98 Å². The van der Waals surface area contributed by atoms with Crippen molar-refractivity contribution in [3.05, 3.63) is 30.2 Å². The summed E-state index contributed by atoms with van der Waals surface area (Å²) in [7, 11) is 0. The van der Waals surface area contributed by atoms with Crippen LogP contribution in [-0.4, -0.2) is 30.6 Å². The Morgan fingerprint density at radius 2 is 2.12 bits per heavy atom. The Morgan fingerprint density at radius 1 is 1.27 bits per heavy atom. The first-order valence-electron chi connectivity index (χ1n) is 8.98. The molecule has 1 fully saturated rings. The maximum atomic E-state index is 8.87. The van der Waals surface area contributed by atoms with E-state index in [0.29, 0.717) is 24.2 Å². The summed E-state index contributed by atoms with van der Waals surface area (Å²) >= 11 is 0. The van der Waals surface area contributed by atoms with E-state index in [1.807, 2.05) is 29.7 Å². The molecule has 3 heterocycles. The van der Waals surface area contributed by atoms with E-state index in [1.165, 1.54) is 0 Å². The largest absolute Gasteiger partial charge is 0.353 e. The number of aromatic nitrogens is 5. The molecule has 0 amide bonds. The number of rotatable bonds is 5. The van der Waals surface area contributed by atoms with E-state index < -0.39 is 0 Å². The minimum absolute atomic E-state index is 0.367. The minimum atomic E-state index is 0.367. The van der Waals surface area contributed by atoms with Crippen molar-refractivity contribution < 1.29 is 0 Å². The Morgan fingerprint density at radius 3 is 2.85 bits per heavy atom. The van der Waals surface area contributed by atoms with E-state index >= 15 is 0 Å². The lowest BCUT2D eigenvalue weighted by atomic mass is 9.84. The van der Waals surface area contributed by atoms with Crippen LogP contribution in [0.2, 0.25) is 0 Å². The number of imidazole rings is 1. The summed E-state index contributed by atoms with van der Waals surface area (Å²) in [4.78, 5) is 9.12. The monoisotopic (exact) mass is 350 g/mol. The van der Waals surface area contributed by atoms with E-state index in [1.54, 1.807) is 6.20 Å². The van der Waals surface area contributed by atoms with Crippen LogP contribution in [0.5, 0.6) is 0 Å². The zero-order chi connectivity index (χ0) is 17.9. The number of nitrogens with zero attached hydrogens (tertiary/aromatic N) is 5. The summed E-state index contributed by atoms with van der Waals surface area (Å²) in [5.74, 6) is 2.75. The van der Waals surface area contributed by atoms with Gasteiger partial charge in [0, 0.05) is 42.7 Å². The van der Waals surface area contributed by atoms with Crippen molar-refractivity contribution in [1.29, 1.82) is 5.26 Å². The third-order valence-corrected chi connectivity index (χ3v) is 4.91. The number of aryl methyl sites for hydroxylation is 1. The standard InChI is InChI=1S/C18H22N8/c1-12-10-16(25-24-12)22-15-11-17-20-8-9-26(17)18(23-15)21-14-4-2-13(3-5-14)6-7-19/h8-11,13-14H,2-6H2,1H3,(H,21,23)(H2,22,24,25). The number of aromatic amines is 1. The van der Waals surface area contributed by atoms with Crippen molar-refractivity contribution in [2.24, 2.45) is 5.92 Å². The highest BCUT2D eigenvalue weighted by molar-refractivity contribution is 5.61. The molecule has 3 aromatic heterocycles. The molecule has 0 aliphatic heterocycles. The topological polar surface area (TPSA) is 107 Å². The lowest BCUT2D eigenvalue weighted by Gasteiger charge is -2.28. The van der Waals surface area contributed by atoms with Crippen molar-refractivity contribution in [2.45, 2.75) is 45.1 Å². The molecule has 3 N–H and O–H groups in total. The fourth-order valence-electron chi connectivity index (χ4n) is 3.53. The number of hydrogen-bond donors (Lipinski definition) is 3. The lowest BCUT2D eigenvalue weighted by molar-refractivity contribution is 0.342. The predicted octanol–water partition coefficient (Wildman–Crippen LogP) is 3.39. The Hall–Kier alpha value is -3.08. The molecule has 0 unspecified atom stereocenters. The molecule has 1 aliphatic rings. The van der Waals surface area contributed by atoms with Gasteiger partial charge in [0.05, 0.1) is 6.07 Å². The molecule has 134 valence electrons. The molecule has 0 radical (unpaired) electrons. The van der Waals surface area contributed by atoms with E-state index in [9.17, 15) is 0 Å². The van der Waals surface area contributed by atoms with Gasteiger partial charge in [0.2, 0.25) is 5.95 Å². The van der Waals surface area contributed by atoms with Gasteiger partial charge in [-0.15, -0.1) is 0 Å². The molecule has 3 aromatic rings. The van der Waals surface area contributed by atoms with Crippen LogP contribution in [0.25, 0.3) is 5.65 Å². The predicted molar refractivity (Wildman–Crippen MR) is 99.2 cm³/mol. The molecule has 1 saturated carbocycles. The number of H-pyrrole nitrogens is 1. The van der Waals surface area contributed by atoms with E-state index in [4.69, 9.17) is 10.2 Å². The number of anilines is 3. The number of fused-ring (bicyclic) bond motifs is 1. The molecule has 0 atom stereocenters. The first-order valence-corrected chi connectivity index (χ1v) is 8.98. The molecular formula is C18H22N8. The average molecular weight is 350 g/mol. The zero-order valence-electron chi connectivity index (χ0n) is 14.7. The van der Waals surface area contributed by atoms with Crippen LogP contribution >= 0.6 is 0 Å². The summed E-state index contributed by atoms with van der Waals surface area (Å²) in [6.07, 6.45) is 8.63. The minimum Gasteiger partial charge on any atom is -0.353 e. The van der Waals surface area contributed by atoms with Crippen molar-refractivity contribution in [1.82, 2.24) is 24.6 Å². The lowest BCUT2D eigenvalue weighted by Crippen LogP contribution is -2.27. The van der Waals surface area contributed by atoms with Crippen LogP contribution in [0, 0.1) is 24.2 Å². The number of nitriles is 1. The molecule has 0 saturated heterocycles. The van der Waals surface area contributed by atoms with E-state index in [0.717, 1.165) is 48.8 Å². The van der Waals surface area contributed by atoms with Gasteiger partial charge in [-0.1, -0.05) is 0 Å². The van der Waals surface area contributed by atoms with Gasteiger partial charge in [0.25, 0.3) is 0 Å². The molecule has 0 spiro atoms. The number of hydrogen-bond acceptors (Lipinski definition) is 6. The van der Waals surface area contributed by atoms with Crippen LogP contribution < -0.4 is 10.6 Å². The molecule has 4 rings (SSSR count). The normalized spacial score (nSPS) is 20.0. The maximum absolute atomic E-state index is 8.87. The van der Waals surface area contributed by atoms with Crippen molar-refractivity contribution in [3.63, 3.8) is 0 Å². The number of nitrogens with one attached hydrogen (secondary N) is 3. The quantitative estimate of drug-likeness (QED) is 0.651. The Labute approximate surface area is 151 Å². The van der Waals surface area contributed by atoms with Crippen molar-refractivity contribution >= 4 is 23.2 Å². The van der Waals surface area contributed by atoms with Crippen LogP contribution in [0.1, 0.15) is 37.8 Å². The summed E-state index contributed by atoms with van der Waals surface area (Å²) in [5, 5.41) is 22.8. The van der Waals surface area contributed by atoms with Gasteiger partial charge in [-0.3, -0.25) is 9.50 Å². The highest BCUT2D eigenvalue weighted by atomic mass is 15.2. The highest BCUT2D eigenvalue weighted by Gasteiger charge is 2.22. The second kappa shape index (κ2) is 7.04. The van der Waals surface area contributed by atoms with Gasteiger partial charge in [0.1, 0.15) is 11.5 Å². The molecule has 26 heavy (non-hydrogen) atoms. The summed E-state index contributed by atoms with van der Waals surface area (Å²) in [5.41, 5.74) is 1.82. The molecule has 0 bridgehead atoms. The van der Waals surface area contributed by atoms with Gasteiger partial charge < -0.3 is 10.6 Å².